The third-order valence-electron chi connectivity index (χ3n) is 14.8. The monoisotopic (exact) mass is 1640 g/mol. The molecule has 0 aliphatic rings. The number of benzene rings is 5. The SMILES string of the molecule is CC(Cl)C(=O)Cl.COc1ccc(CC(=O)C(C)Cl)cc1O.Nc1ccc(CO)c(O)c1.O=[N+]([O-])c1ccc(CO)c(O)c1.[C-]#[N+]c1ncc2[nH]c(=S)[nH]c2c1C.[C-]#[N+]c1ncc2[nH]c(SC(C)C(=O)Nc3ccc(OC)c(O)c3)nc2c1C.[C-]#[N+]c1ncc2[nH]c(SC(C)C(=O)Nc3ccc(OC)c([O-])c3)nc2c1C.[Na+]. The number of H-pyrrole nitrogens is 4. The number of rotatable bonds is 18. The number of Topliss-reactive ketones (excluding diaryl/α,β-unsaturated/α-hetero) is 1. The number of halogens is 3. The Morgan fingerprint density at radius 1 is 0.613 bits per heavy atom. The van der Waals surface area contributed by atoms with Crippen LogP contribution >= 0.6 is 70.5 Å². The van der Waals surface area contributed by atoms with Crippen molar-refractivity contribution >= 4 is 167 Å². The van der Waals surface area contributed by atoms with Gasteiger partial charge in [-0.05, 0) is 132 Å². The fraction of sp³-hybridized carbons (Fsp3) is 0.236. The molecule has 32 nitrogen and oxygen atoms in total. The van der Waals surface area contributed by atoms with Crippen LogP contribution in [-0.2, 0) is 38.8 Å². The standard InChI is InChI=1S/2C18H17N5O3S.C11H13ClO3.C8H6N4S.C7H7NO4.C7H9NO2.C3H4Cl2O.Na/c2*1-9-15-12(8-20-16(9)19-3)22-18(23-15)27-10(2)17(25)21-11-5-6-14(26-4)13(24)7-11;1-7(12)9(13)5-8-3-4-11(15-2)10(14)6-8;1-4-6-5(11-8(13)12-6)3-10-7(4)9-2;9-4-5-1-2-6(8(11)12)3-7(5)10;8-6-2-1-5(4-9)7(10)3-6;1-2(4)3(5)6;/h2*5-8,10,24H,1-2,4H3,(H,21,25)(H,22,23);3-4,6-7,14H,5H2,1-2H3;3H,1H3,(H2,11,12,13);1-3,9-10H,4H2;1-3,9-10H,4,8H2;2H,1H3;/q;;;;;;;+1/p-1. The third kappa shape index (κ3) is 27.2. The van der Waals surface area contributed by atoms with Crippen molar-refractivity contribution in [1.82, 2.24) is 44.9 Å². The number of carbonyl (C=O) groups is 4. The summed E-state index contributed by atoms with van der Waals surface area (Å²) < 4.78 is 15.4. The third-order valence-corrected chi connectivity index (χ3v) is 17.9. The number of aryl methyl sites for hydroxylation is 3. The van der Waals surface area contributed by atoms with Crippen molar-refractivity contribution in [2.45, 2.75) is 99.7 Å². The maximum Gasteiger partial charge on any atom is 1.00 e. The fourth-order valence-electron chi connectivity index (χ4n) is 8.87. The molecule has 6 heterocycles. The van der Waals surface area contributed by atoms with Crippen molar-refractivity contribution in [2.75, 3.05) is 37.7 Å². The van der Waals surface area contributed by atoms with E-state index in [2.05, 4.69) is 70.0 Å². The molecule has 0 saturated carbocycles. The minimum absolute atomic E-state index is 0. The van der Waals surface area contributed by atoms with Crippen LogP contribution in [0.2, 0.25) is 0 Å². The number of amides is 2. The summed E-state index contributed by atoms with van der Waals surface area (Å²) >= 11 is 23.1. The second kappa shape index (κ2) is 44.6. The van der Waals surface area contributed by atoms with Gasteiger partial charge >= 0.3 is 29.6 Å². The molecule has 0 bridgehead atoms. The van der Waals surface area contributed by atoms with Crippen LogP contribution in [0.3, 0.4) is 0 Å². The molecule has 11 aromatic rings. The predicted molar refractivity (Wildman–Crippen MR) is 421 cm³/mol. The second-order valence-corrected chi connectivity index (χ2v) is 27.4. The number of thioether (sulfide) groups is 2. The summed E-state index contributed by atoms with van der Waals surface area (Å²) in [6.45, 7) is 32.7. The number of aromatic amines is 4. The first kappa shape index (κ1) is 92.4. The molecule has 576 valence electrons. The number of aliphatic hydroxyl groups excluding tert-OH is 2. The number of hydrogen-bond donors (Lipinski definition) is 13. The van der Waals surface area contributed by atoms with Gasteiger partial charge in [0.05, 0.1) is 78.0 Å². The summed E-state index contributed by atoms with van der Waals surface area (Å²) in [6.07, 6.45) is 4.96. The number of nitrogen functional groups attached to an aromatic ring is 1. The number of nitro groups is 1. The van der Waals surface area contributed by atoms with E-state index in [0.717, 1.165) is 33.7 Å². The Morgan fingerprint density at radius 2 is 1.05 bits per heavy atom. The Hall–Kier alpha value is -11.0. The van der Waals surface area contributed by atoms with Crippen molar-refractivity contribution in [1.29, 1.82) is 0 Å². The molecule has 0 aliphatic heterocycles. The molecule has 14 N–H and O–H groups in total. The van der Waals surface area contributed by atoms with Crippen LogP contribution in [0.4, 0.5) is 40.2 Å². The van der Waals surface area contributed by atoms with Crippen LogP contribution in [0.15, 0.2) is 120 Å². The molecule has 0 aliphatic carbocycles. The number of nitrogens with one attached hydrogen (secondary N) is 6. The quantitative estimate of drug-likeness (QED) is 0.00437. The number of methoxy groups -OCH3 is 3. The van der Waals surface area contributed by atoms with Crippen LogP contribution in [0.5, 0.6) is 46.0 Å². The second-order valence-electron chi connectivity index (χ2n) is 22.6. The Bertz CT molecular complexity index is 5150. The molecular formula is C72H72Cl3N16NaO16S3. The van der Waals surface area contributed by atoms with Gasteiger partial charge in [-0.25, -0.2) is 9.97 Å². The molecule has 0 saturated heterocycles. The molecule has 0 spiro atoms. The Morgan fingerprint density at radius 3 is 1.45 bits per heavy atom. The smallest absolute Gasteiger partial charge is 0.870 e. The van der Waals surface area contributed by atoms with E-state index in [1.165, 1.54) is 94.2 Å². The fourth-order valence-corrected chi connectivity index (χ4v) is 10.8. The average molecular weight is 1640 g/mol. The maximum atomic E-state index is 12.4. The number of anilines is 3. The normalized spacial score (nSPS) is 11.2. The van der Waals surface area contributed by atoms with E-state index in [-0.39, 0.29) is 113 Å². The van der Waals surface area contributed by atoms with Crippen molar-refractivity contribution in [3.05, 3.63) is 192 Å². The number of carbonyl (C=O) groups excluding carboxylic acids is 4. The summed E-state index contributed by atoms with van der Waals surface area (Å²) in [5.74, 6) is 0.894. The minimum atomic E-state index is -0.610. The number of nitrogens with zero attached hydrogens (tertiary/aromatic N) is 9. The number of hydrogen-bond acceptors (Lipinski definition) is 25. The van der Waals surface area contributed by atoms with Gasteiger partial charge in [-0.2, -0.15) is 0 Å². The summed E-state index contributed by atoms with van der Waals surface area (Å²) in [6, 6.07) is 22.1. The van der Waals surface area contributed by atoms with Crippen LogP contribution < -0.4 is 65.2 Å². The zero-order valence-electron chi connectivity index (χ0n) is 61.0. The topological polar surface area (TPSA) is 474 Å². The zero-order chi connectivity index (χ0) is 81.8. The molecule has 4 atom stereocenters. The van der Waals surface area contributed by atoms with Crippen molar-refractivity contribution in [3.63, 3.8) is 0 Å². The average Bonchev–Trinajstić information content (AvgIpc) is 1.67. The first-order valence-electron chi connectivity index (χ1n) is 31.8. The van der Waals surface area contributed by atoms with Gasteiger partial charge in [0.25, 0.3) is 23.1 Å². The number of aromatic nitrogens is 9. The predicted octanol–water partition coefficient (Wildman–Crippen LogP) is 10.9. The molecule has 111 heavy (non-hydrogen) atoms. The maximum absolute atomic E-state index is 12.4. The number of alkyl halides is 2. The van der Waals surface area contributed by atoms with Crippen LogP contribution in [-0.4, -0.2) is 146 Å². The number of nitro benzene ring substituents is 1. The molecule has 4 unspecified atom stereocenters. The number of fused-ring (bicyclic) bond motifs is 3. The summed E-state index contributed by atoms with van der Waals surface area (Å²) in [5, 5.41) is 80.7. The minimum Gasteiger partial charge on any atom is -0.870 e. The van der Waals surface area contributed by atoms with Crippen LogP contribution in [0.1, 0.15) is 61.1 Å². The van der Waals surface area contributed by atoms with E-state index >= 15 is 0 Å². The first-order valence-corrected chi connectivity index (χ1v) is 35.3. The molecular weight excluding hydrogens is 1570 g/mol. The molecule has 11 rings (SSSR count). The van der Waals surface area contributed by atoms with Crippen molar-refractivity contribution in [3.8, 4) is 46.0 Å². The van der Waals surface area contributed by atoms with E-state index in [1.54, 1.807) is 95.7 Å². The Labute approximate surface area is 685 Å². The Balaban J connectivity index is 0.000000287. The molecule has 6 aromatic heterocycles. The molecule has 5 aromatic carbocycles. The number of aromatic hydroxyl groups is 4. The van der Waals surface area contributed by atoms with Gasteiger partial charge in [0, 0.05) is 69.5 Å². The van der Waals surface area contributed by atoms with E-state index < -0.39 is 31.4 Å². The number of nitrogens with two attached hydrogens (primary N) is 1. The molecule has 2 amide bonds. The Kier molecular flexibility index (Phi) is 37.1. The first-order chi connectivity index (χ1) is 52.1. The van der Waals surface area contributed by atoms with Gasteiger partial charge in [-0.15, -0.1) is 38.2 Å². The number of imidazole rings is 3. The summed E-state index contributed by atoms with van der Waals surface area (Å²) in [4.78, 5) is 98.8. The van der Waals surface area contributed by atoms with Crippen molar-refractivity contribution in [2.24, 2.45) is 0 Å². The van der Waals surface area contributed by atoms with Gasteiger partial charge in [-0.1, -0.05) is 61.1 Å². The van der Waals surface area contributed by atoms with Gasteiger partial charge in [0.15, 0.2) is 43.9 Å². The number of pyridine rings is 3. The van der Waals surface area contributed by atoms with Crippen LogP contribution in [0.25, 0.3) is 47.6 Å². The van der Waals surface area contributed by atoms with E-state index in [9.17, 15) is 44.6 Å². The van der Waals surface area contributed by atoms with E-state index in [1.807, 2.05) is 6.92 Å². The summed E-state index contributed by atoms with van der Waals surface area (Å²) in [7, 11) is 4.35. The van der Waals surface area contributed by atoms with Gasteiger partial charge in [-0.3, -0.25) is 29.3 Å². The van der Waals surface area contributed by atoms with Gasteiger partial charge in [0.2, 0.25) is 17.1 Å². The van der Waals surface area contributed by atoms with Gasteiger partial charge in [0.1, 0.15) is 57.8 Å². The summed E-state index contributed by atoms with van der Waals surface area (Å²) in [5.41, 5.74) is 14.7. The molecule has 0 fully saturated rings. The van der Waals surface area contributed by atoms with E-state index in [0.29, 0.717) is 94.3 Å². The van der Waals surface area contributed by atoms with Crippen LogP contribution in [0, 0.1) is 55.4 Å². The number of ketones is 1. The van der Waals surface area contributed by atoms with E-state index in [4.69, 9.17) is 107 Å². The zero-order valence-corrected chi connectivity index (χ0v) is 67.8. The number of phenols is 4. The number of phenolic OH excluding ortho intramolecular Hbond substituents is 2. The molecule has 0 radical (unpaired) electrons. The number of ether oxygens (including phenoxy) is 3. The van der Waals surface area contributed by atoms with Crippen molar-refractivity contribution < 1.29 is 104 Å². The number of aliphatic hydroxyl groups is 2. The molecule has 39 heteroatoms. The largest absolute Gasteiger partial charge is 1.00 e. The van der Waals surface area contributed by atoms with Gasteiger partial charge < -0.3 is 101 Å². The number of non-ortho nitro benzene ring substituents is 1.